The van der Waals surface area contributed by atoms with Crippen molar-refractivity contribution in [3.8, 4) is 0 Å². The van der Waals surface area contributed by atoms with Crippen molar-refractivity contribution < 1.29 is 62.0 Å². The summed E-state index contributed by atoms with van der Waals surface area (Å²) >= 11 is 0. The van der Waals surface area contributed by atoms with E-state index >= 15 is 0 Å². The molecule has 13 nitrogen and oxygen atoms in total. The quantitative estimate of drug-likeness (QED) is 0.0577. The van der Waals surface area contributed by atoms with E-state index in [0.717, 1.165) is 12.8 Å². The average Bonchev–Trinajstić information content (AvgIpc) is 3.16. The lowest BCUT2D eigenvalue weighted by atomic mass is 10.0. The zero-order valence-corrected chi connectivity index (χ0v) is 33.7. The number of aliphatic hydroxyl groups excluding tert-OH is 1. The Morgan fingerprint density at radius 1 is 0.321 bits per heavy atom. The lowest BCUT2D eigenvalue weighted by Gasteiger charge is -2.09. The van der Waals surface area contributed by atoms with E-state index in [1.165, 1.54) is 83.5 Å². The van der Waals surface area contributed by atoms with E-state index in [1.807, 2.05) is 0 Å². The fraction of sp³-hybridized carbons (Fsp3) is 0.975. The Bertz CT molecular complexity index is 675. The first kappa shape index (κ1) is 52.0. The van der Waals surface area contributed by atoms with Crippen LogP contribution in [-0.2, 0) is 56.9 Å². The average molecular weight is 769 g/mol. The molecule has 53 heavy (non-hydrogen) atoms. The number of carbonyl (C=O) groups is 1. The molecule has 0 saturated heterocycles. The van der Waals surface area contributed by atoms with Crippen molar-refractivity contribution in [2.75, 3.05) is 145 Å². The van der Waals surface area contributed by atoms with Gasteiger partial charge in [-0.05, 0) is 6.42 Å². The zero-order valence-electron chi connectivity index (χ0n) is 33.7. The summed E-state index contributed by atoms with van der Waals surface area (Å²) in [7, 11) is 0. The number of esters is 1. The second kappa shape index (κ2) is 49.0. The lowest BCUT2D eigenvalue weighted by Crippen LogP contribution is -2.15. The molecule has 0 rings (SSSR count). The molecular formula is C40H80O13. The van der Waals surface area contributed by atoms with Gasteiger partial charge in [0, 0.05) is 6.42 Å². The molecule has 0 radical (unpaired) electrons. The molecule has 0 aromatic carbocycles. The maximum Gasteiger partial charge on any atom is 0.305 e. The molecule has 1 N–H and O–H groups in total. The Morgan fingerprint density at radius 2 is 0.547 bits per heavy atom. The van der Waals surface area contributed by atoms with Gasteiger partial charge in [-0.1, -0.05) is 96.8 Å². The molecule has 0 heterocycles. The Hall–Kier alpha value is -0.970. The van der Waals surface area contributed by atoms with Gasteiger partial charge in [0.2, 0.25) is 0 Å². The van der Waals surface area contributed by atoms with Gasteiger partial charge in [0.1, 0.15) is 6.61 Å². The molecule has 0 aromatic heterocycles. The van der Waals surface area contributed by atoms with E-state index in [9.17, 15) is 4.79 Å². The molecule has 13 heteroatoms. The molecular weight excluding hydrogens is 688 g/mol. The van der Waals surface area contributed by atoms with Crippen molar-refractivity contribution in [2.24, 2.45) is 0 Å². The molecule has 318 valence electrons. The number of unbranched alkanes of at least 4 members (excludes halogenated alkanes) is 14. The first-order chi connectivity index (χ1) is 26.3. The standard InChI is InChI=1S/C40H80O13/c1-2-3-4-5-6-7-8-9-10-11-12-13-14-15-16-17-40(42)53-39-38-52-37-36-51-35-34-50-33-32-49-31-30-48-29-28-47-27-26-46-25-24-45-23-22-44-21-20-43-19-18-41/h41H,2-39H2,1H3. The fourth-order valence-electron chi connectivity index (χ4n) is 5.07. The van der Waals surface area contributed by atoms with E-state index in [0.29, 0.717) is 139 Å². The van der Waals surface area contributed by atoms with Gasteiger partial charge in [-0.2, -0.15) is 0 Å². The van der Waals surface area contributed by atoms with Crippen LogP contribution in [0.5, 0.6) is 0 Å². The number of aliphatic hydroxyl groups is 1. The summed E-state index contributed by atoms with van der Waals surface area (Å²) in [6.07, 6.45) is 20.2. The predicted molar refractivity (Wildman–Crippen MR) is 206 cm³/mol. The van der Waals surface area contributed by atoms with E-state index in [2.05, 4.69) is 6.92 Å². The highest BCUT2D eigenvalue weighted by Crippen LogP contribution is 2.13. The Balaban J connectivity index is 3.12. The van der Waals surface area contributed by atoms with Gasteiger partial charge >= 0.3 is 5.97 Å². The van der Waals surface area contributed by atoms with Crippen LogP contribution in [-0.4, -0.2) is 156 Å². The van der Waals surface area contributed by atoms with Gasteiger partial charge in [-0.15, -0.1) is 0 Å². The van der Waals surface area contributed by atoms with Gasteiger partial charge in [0.25, 0.3) is 0 Å². The summed E-state index contributed by atoms with van der Waals surface area (Å²) in [5, 5.41) is 8.59. The summed E-state index contributed by atoms with van der Waals surface area (Å²) < 4.78 is 59.4. The summed E-state index contributed by atoms with van der Waals surface area (Å²) in [5.74, 6) is -0.132. The molecule has 0 aliphatic heterocycles. The Kier molecular flexibility index (Phi) is 48.2. The van der Waals surface area contributed by atoms with Gasteiger partial charge in [0.05, 0.1) is 139 Å². The molecule has 0 amide bonds. The van der Waals surface area contributed by atoms with Crippen molar-refractivity contribution in [3.05, 3.63) is 0 Å². The fourth-order valence-corrected chi connectivity index (χ4v) is 5.07. The summed E-state index contributed by atoms with van der Waals surface area (Å²) in [6.45, 7) is 12.2. The first-order valence-electron chi connectivity index (χ1n) is 20.8. The van der Waals surface area contributed by atoms with Crippen LogP contribution < -0.4 is 0 Å². The largest absolute Gasteiger partial charge is 0.463 e. The van der Waals surface area contributed by atoms with Crippen molar-refractivity contribution in [1.82, 2.24) is 0 Å². The maximum absolute atomic E-state index is 11.9. The number of ether oxygens (including phenoxy) is 11. The Labute approximate surface area is 322 Å². The van der Waals surface area contributed by atoms with Crippen LogP contribution in [0.1, 0.15) is 110 Å². The molecule has 0 atom stereocenters. The number of hydrogen-bond donors (Lipinski definition) is 1. The second-order valence-electron chi connectivity index (χ2n) is 12.8. The molecule has 0 bridgehead atoms. The number of carbonyl (C=O) groups excluding carboxylic acids is 1. The lowest BCUT2D eigenvalue weighted by molar-refractivity contribution is -0.145. The van der Waals surface area contributed by atoms with Crippen LogP contribution in [0.25, 0.3) is 0 Å². The van der Waals surface area contributed by atoms with Gasteiger partial charge in [0.15, 0.2) is 0 Å². The van der Waals surface area contributed by atoms with Gasteiger partial charge in [-0.25, -0.2) is 0 Å². The highest BCUT2D eigenvalue weighted by Gasteiger charge is 2.03. The van der Waals surface area contributed by atoms with Crippen molar-refractivity contribution in [3.63, 3.8) is 0 Å². The summed E-state index contributed by atoms with van der Waals surface area (Å²) in [5.41, 5.74) is 0. The predicted octanol–water partition coefficient (Wildman–Crippen LogP) is 5.95. The van der Waals surface area contributed by atoms with Gasteiger partial charge < -0.3 is 57.2 Å². The molecule has 0 aromatic rings. The van der Waals surface area contributed by atoms with Crippen LogP contribution in [0.3, 0.4) is 0 Å². The van der Waals surface area contributed by atoms with Crippen LogP contribution in [0.15, 0.2) is 0 Å². The maximum atomic E-state index is 11.9. The monoisotopic (exact) mass is 769 g/mol. The third-order valence-electron chi connectivity index (χ3n) is 8.06. The molecule has 0 unspecified atom stereocenters. The number of hydrogen-bond acceptors (Lipinski definition) is 13. The summed E-state index contributed by atoms with van der Waals surface area (Å²) in [6, 6.07) is 0. The van der Waals surface area contributed by atoms with Crippen LogP contribution in [0.4, 0.5) is 0 Å². The van der Waals surface area contributed by atoms with E-state index in [4.69, 9.17) is 57.2 Å². The minimum atomic E-state index is -0.132. The third kappa shape index (κ3) is 49.0. The van der Waals surface area contributed by atoms with Crippen molar-refractivity contribution in [1.29, 1.82) is 0 Å². The van der Waals surface area contributed by atoms with E-state index in [-0.39, 0.29) is 19.2 Å². The highest BCUT2D eigenvalue weighted by atomic mass is 16.6. The first-order valence-corrected chi connectivity index (χ1v) is 20.8. The number of rotatable bonds is 48. The molecule has 0 spiro atoms. The molecule has 0 fully saturated rings. The smallest absolute Gasteiger partial charge is 0.305 e. The topological polar surface area (TPSA) is 139 Å². The van der Waals surface area contributed by atoms with E-state index < -0.39 is 0 Å². The zero-order chi connectivity index (χ0) is 38.2. The molecule has 0 saturated carbocycles. The van der Waals surface area contributed by atoms with Gasteiger partial charge in [-0.3, -0.25) is 4.79 Å². The summed E-state index contributed by atoms with van der Waals surface area (Å²) in [4.78, 5) is 11.9. The van der Waals surface area contributed by atoms with Crippen molar-refractivity contribution in [2.45, 2.75) is 110 Å². The molecule has 0 aliphatic carbocycles. The van der Waals surface area contributed by atoms with Crippen LogP contribution in [0.2, 0.25) is 0 Å². The second-order valence-corrected chi connectivity index (χ2v) is 12.8. The normalized spacial score (nSPS) is 11.5. The SMILES string of the molecule is CCCCCCCCCCCCCCCCCC(=O)OCCOCCOCCOCCOCCOCCOCCOCCOCCOCCOCCO. The third-order valence-corrected chi connectivity index (χ3v) is 8.06. The highest BCUT2D eigenvalue weighted by molar-refractivity contribution is 5.69. The van der Waals surface area contributed by atoms with Crippen LogP contribution >= 0.6 is 0 Å². The van der Waals surface area contributed by atoms with Crippen molar-refractivity contribution >= 4 is 5.97 Å². The Morgan fingerprint density at radius 3 is 0.811 bits per heavy atom. The minimum Gasteiger partial charge on any atom is -0.463 e. The minimum absolute atomic E-state index is 0.0239. The van der Waals surface area contributed by atoms with E-state index in [1.54, 1.807) is 0 Å². The molecule has 0 aliphatic rings. The van der Waals surface area contributed by atoms with Crippen LogP contribution in [0, 0.1) is 0 Å².